The summed E-state index contributed by atoms with van der Waals surface area (Å²) < 4.78 is 26.4. The van der Waals surface area contributed by atoms with Crippen LogP contribution >= 0.6 is 11.8 Å². The number of carbonyl (C=O) groups excluding carboxylic acids is 2. The van der Waals surface area contributed by atoms with E-state index in [9.17, 15) is 0 Å². The first-order chi connectivity index (χ1) is 33.3. The summed E-state index contributed by atoms with van der Waals surface area (Å²) >= 11 is 2.07. The van der Waals surface area contributed by atoms with E-state index < -0.39 is 12.2 Å². The molecule has 7 aliphatic rings. The number of piperidine rings is 6. The summed E-state index contributed by atoms with van der Waals surface area (Å²) in [6.45, 7) is 8.55. The first-order valence-electron chi connectivity index (χ1n) is 25.0. The van der Waals surface area contributed by atoms with Crippen molar-refractivity contribution in [2.24, 2.45) is 23.7 Å². The maximum Gasteiger partial charge on any atom is 0.198 e. The highest BCUT2D eigenvalue weighted by molar-refractivity contribution is 7.99. The smallest absolute Gasteiger partial charge is 0.198 e. The van der Waals surface area contributed by atoms with Crippen molar-refractivity contribution in [1.82, 2.24) is 19.8 Å². The number of pyridine rings is 2. The molecule has 2 aromatic heterocycles. The van der Waals surface area contributed by atoms with E-state index in [-0.39, 0.29) is 34.8 Å². The predicted molar refractivity (Wildman–Crippen MR) is 269 cm³/mol. The Bertz CT molecular complexity index is 2870. The molecular formula is C57H62N4O6S. The summed E-state index contributed by atoms with van der Waals surface area (Å²) in [7, 11) is 3.36. The molecule has 0 saturated carbocycles. The van der Waals surface area contributed by atoms with Crippen LogP contribution in [0.2, 0.25) is 0 Å². The van der Waals surface area contributed by atoms with Crippen LogP contribution in [0.15, 0.2) is 97.3 Å². The van der Waals surface area contributed by atoms with Crippen molar-refractivity contribution in [2.75, 3.05) is 51.9 Å². The van der Waals surface area contributed by atoms with Crippen LogP contribution in [0.25, 0.3) is 21.8 Å². The number of benzene rings is 4. The lowest BCUT2D eigenvalue weighted by Crippen LogP contribution is -2.56. The summed E-state index contributed by atoms with van der Waals surface area (Å²) in [6.07, 6.45) is 10.6. The third-order valence-corrected chi connectivity index (χ3v) is 17.4. The summed E-state index contributed by atoms with van der Waals surface area (Å²) in [4.78, 5) is 45.3. The minimum absolute atomic E-state index is 0.0300. The third kappa shape index (κ3) is 8.11. The quantitative estimate of drug-likeness (QED) is 0.0865. The van der Waals surface area contributed by atoms with Gasteiger partial charge < -0.3 is 18.9 Å². The molecule has 6 aliphatic heterocycles. The first-order valence-corrected chi connectivity index (χ1v) is 26.1. The molecule has 6 fully saturated rings. The van der Waals surface area contributed by atoms with Crippen LogP contribution in [-0.4, -0.2) is 95.3 Å². The average Bonchev–Trinajstić information content (AvgIpc) is 3.39. The number of thioether (sulfide) groups is 1. The van der Waals surface area contributed by atoms with Crippen molar-refractivity contribution in [1.29, 1.82) is 0 Å². The fourth-order valence-electron chi connectivity index (χ4n) is 12.6. The molecule has 0 N–H and O–H groups in total. The van der Waals surface area contributed by atoms with E-state index in [1.165, 1.54) is 30.8 Å². The number of rotatable bonds is 16. The van der Waals surface area contributed by atoms with Gasteiger partial charge in [-0.1, -0.05) is 44.5 Å². The highest BCUT2D eigenvalue weighted by Gasteiger charge is 2.47. The van der Waals surface area contributed by atoms with E-state index in [1.54, 1.807) is 26.4 Å². The largest absolute Gasteiger partial charge is 0.497 e. The van der Waals surface area contributed by atoms with Gasteiger partial charge in [-0.2, -0.15) is 11.8 Å². The van der Waals surface area contributed by atoms with E-state index in [0.29, 0.717) is 46.3 Å². The minimum atomic E-state index is -0.482. The maximum atomic E-state index is 15.3. The second kappa shape index (κ2) is 19.1. The van der Waals surface area contributed by atoms with Crippen LogP contribution in [0.1, 0.15) is 114 Å². The van der Waals surface area contributed by atoms with Crippen LogP contribution in [0.5, 0.6) is 23.0 Å². The standard InChI is InChI=1S/C57H62N4O6S/c1-5-26-68-27-21-37-33-61-25-20-36(37)29-49(61)57(43-18-23-59-47-14-12-39(65-4)31-45(43)47)67-51-16-15-50(52-53(51)55(63)41-10-8-7-9-40(41)54(52)62)66-56(48-28-35-19-24-60(48)32-34(35)6-2)42-17-22-58-46-13-11-38(64-3)30-44(42)46/h7-18,22-23,30-31,34-37,48-49,56-57H,5-6,19-21,24-29,32-33H2,1-4H3/t34?,35?,36?,37?,48?,49?,56-,57-/m1/s1. The van der Waals surface area contributed by atoms with Gasteiger partial charge in [0.2, 0.25) is 0 Å². The maximum absolute atomic E-state index is 15.3. The lowest BCUT2D eigenvalue weighted by molar-refractivity contribution is -0.0492. The predicted octanol–water partition coefficient (Wildman–Crippen LogP) is 11.2. The molecule has 10 atom stereocenters. The Morgan fingerprint density at radius 3 is 1.62 bits per heavy atom. The Morgan fingerprint density at radius 1 is 0.647 bits per heavy atom. The van der Waals surface area contributed by atoms with Crippen molar-refractivity contribution in [3.05, 3.63) is 131 Å². The lowest BCUT2D eigenvalue weighted by Gasteiger charge is -2.52. The zero-order chi connectivity index (χ0) is 46.5. The Labute approximate surface area is 404 Å². The molecule has 8 heterocycles. The number of ether oxygens (including phenoxy) is 4. The Kier molecular flexibility index (Phi) is 12.7. The molecule has 10 nitrogen and oxygen atoms in total. The number of nitrogens with zero attached hydrogens (tertiary/aromatic N) is 4. The fourth-order valence-corrected chi connectivity index (χ4v) is 13.6. The van der Waals surface area contributed by atoms with E-state index in [4.69, 9.17) is 28.9 Å². The van der Waals surface area contributed by atoms with Gasteiger partial charge in [0.1, 0.15) is 35.2 Å². The molecule has 4 aromatic carbocycles. The number of hydrogen-bond acceptors (Lipinski definition) is 11. The molecule has 0 radical (unpaired) electrons. The van der Waals surface area contributed by atoms with Crippen LogP contribution < -0.4 is 18.9 Å². The molecule has 1 aliphatic carbocycles. The molecule has 4 bridgehead atoms. The van der Waals surface area contributed by atoms with Gasteiger partial charge in [-0.3, -0.25) is 29.4 Å². The fraction of sp³-hybridized carbons (Fsp3) is 0.439. The molecule has 13 rings (SSSR count). The molecule has 0 spiro atoms. The normalized spacial score (nSPS) is 25.8. The molecule has 6 aromatic rings. The molecule has 352 valence electrons. The van der Waals surface area contributed by atoms with Crippen LogP contribution in [0.4, 0.5) is 0 Å². The Hall–Kier alpha value is -5.49. The number of aromatic nitrogens is 2. The monoisotopic (exact) mass is 930 g/mol. The van der Waals surface area contributed by atoms with Gasteiger partial charge in [-0.25, -0.2) is 0 Å². The van der Waals surface area contributed by atoms with E-state index in [1.807, 2.05) is 73.1 Å². The number of fused-ring (bicyclic) bond motifs is 10. The third-order valence-electron chi connectivity index (χ3n) is 16.2. The van der Waals surface area contributed by atoms with Gasteiger partial charge in [0, 0.05) is 58.5 Å². The highest BCUT2D eigenvalue weighted by atomic mass is 32.2. The summed E-state index contributed by atoms with van der Waals surface area (Å²) in [6, 6.07) is 27.1. The SMILES string of the molecule is CCCSCCC1CN2CCC1CC2[C@H](Oc1ccc(O[C@H](c2ccnc3ccc(OC)cc23)C2CC3CCN2CC3CC)c2c1C(=O)c1ccccc1C2=O)c1ccnc2ccc(OC)cc12. The summed E-state index contributed by atoms with van der Waals surface area (Å²) in [5, 5.41) is 1.88. The first kappa shape index (κ1) is 45.0. The van der Waals surface area contributed by atoms with Gasteiger partial charge in [-0.05, 0) is 147 Å². The second-order valence-electron chi connectivity index (χ2n) is 19.7. The molecule has 11 heteroatoms. The number of carbonyl (C=O) groups is 2. The van der Waals surface area contributed by atoms with Crippen molar-refractivity contribution in [3.8, 4) is 23.0 Å². The van der Waals surface area contributed by atoms with Gasteiger partial charge in [0.25, 0.3) is 0 Å². The van der Waals surface area contributed by atoms with Crippen molar-refractivity contribution < 1.29 is 28.5 Å². The van der Waals surface area contributed by atoms with Crippen LogP contribution in [-0.2, 0) is 0 Å². The zero-order valence-electron chi connectivity index (χ0n) is 39.7. The highest BCUT2D eigenvalue weighted by Crippen LogP contribution is 2.49. The van der Waals surface area contributed by atoms with Crippen molar-refractivity contribution >= 4 is 45.1 Å². The number of methoxy groups -OCH3 is 2. The molecule has 6 saturated heterocycles. The summed E-state index contributed by atoms with van der Waals surface area (Å²) in [5.41, 5.74) is 4.90. The van der Waals surface area contributed by atoms with E-state index in [2.05, 4.69) is 47.5 Å². The van der Waals surface area contributed by atoms with Gasteiger partial charge in [0.15, 0.2) is 11.6 Å². The topological polar surface area (TPSA) is 103 Å². The molecular weight excluding hydrogens is 869 g/mol. The van der Waals surface area contributed by atoms with E-state index in [0.717, 1.165) is 96.3 Å². The molecule has 68 heavy (non-hydrogen) atoms. The zero-order valence-corrected chi connectivity index (χ0v) is 40.5. The van der Waals surface area contributed by atoms with Gasteiger partial charge in [-0.15, -0.1) is 0 Å². The van der Waals surface area contributed by atoms with Gasteiger partial charge >= 0.3 is 0 Å². The van der Waals surface area contributed by atoms with Crippen molar-refractivity contribution in [2.45, 2.75) is 83.1 Å². The second-order valence-corrected chi connectivity index (χ2v) is 20.9. The molecule has 0 amide bonds. The van der Waals surface area contributed by atoms with Crippen LogP contribution in [0, 0.1) is 23.7 Å². The minimum Gasteiger partial charge on any atom is -0.497 e. The molecule has 8 unspecified atom stereocenters. The Morgan fingerprint density at radius 2 is 1.16 bits per heavy atom. The number of hydrogen-bond donors (Lipinski definition) is 0. The lowest BCUT2D eigenvalue weighted by atomic mass is 9.72. The van der Waals surface area contributed by atoms with Gasteiger partial charge in [0.05, 0.1) is 48.5 Å². The number of ketones is 2. The van der Waals surface area contributed by atoms with Crippen LogP contribution in [0.3, 0.4) is 0 Å². The Balaban J connectivity index is 1.04. The van der Waals surface area contributed by atoms with Crippen molar-refractivity contribution in [3.63, 3.8) is 0 Å². The summed E-state index contributed by atoms with van der Waals surface area (Å²) in [5.74, 6) is 6.55. The van der Waals surface area contributed by atoms with E-state index >= 15 is 9.59 Å². The average molecular weight is 931 g/mol.